The molecule has 0 heterocycles. The number of nitrogens with one attached hydrogen (secondary N) is 2. The summed E-state index contributed by atoms with van der Waals surface area (Å²) in [5.41, 5.74) is 5.20. The quantitative estimate of drug-likeness (QED) is 0.122. The van der Waals surface area contributed by atoms with Crippen LogP contribution in [0.1, 0.15) is 76.6 Å². The predicted octanol–water partition coefficient (Wildman–Crippen LogP) is 10.2. The van der Waals surface area contributed by atoms with Gasteiger partial charge in [0.2, 0.25) is 0 Å². The zero-order valence-electron chi connectivity index (χ0n) is 30.0. The van der Waals surface area contributed by atoms with Gasteiger partial charge in [-0.1, -0.05) is 68.3 Å². The van der Waals surface area contributed by atoms with Crippen molar-refractivity contribution in [3.8, 4) is 22.6 Å². The van der Waals surface area contributed by atoms with Gasteiger partial charge < -0.3 is 29.6 Å². The summed E-state index contributed by atoms with van der Waals surface area (Å²) in [4.78, 5) is 23.9. The van der Waals surface area contributed by atoms with Crippen molar-refractivity contribution in [1.29, 1.82) is 0 Å². The number of halogens is 2. The minimum atomic E-state index is -0.621. The van der Waals surface area contributed by atoms with Crippen molar-refractivity contribution in [2.24, 2.45) is 0 Å². The summed E-state index contributed by atoms with van der Waals surface area (Å²) in [6.07, 6.45) is 0.421. The molecule has 0 atom stereocenters. The van der Waals surface area contributed by atoms with Crippen molar-refractivity contribution < 1.29 is 28.5 Å². The van der Waals surface area contributed by atoms with E-state index in [0.29, 0.717) is 39.1 Å². The summed E-state index contributed by atoms with van der Waals surface area (Å²) in [7, 11) is 0. The smallest absolute Gasteiger partial charge is 0.407 e. The predicted molar refractivity (Wildman–Crippen MR) is 208 cm³/mol. The Labute approximate surface area is 317 Å². The van der Waals surface area contributed by atoms with Crippen LogP contribution >= 0.6 is 31.9 Å². The Morgan fingerprint density at radius 2 is 0.961 bits per heavy atom. The highest BCUT2D eigenvalue weighted by molar-refractivity contribution is 9.10. The molecule has 2 amide bonds. The molecule has 0 aliphatic heterocycles. The largest absolute Gasteiger partial charge is 0.494 e. The van der Waals surface area contributed by atoms with Crippen LogP contribution in [0, 0.1) is 0 Å². The average Bonchev–Trinajstić information content (AvgIpc) is 3.32. The van der Waals surface area contributed by atoms with Gasteiger partial charge in [-0.3, -0.25) is 0 Å². The number of fused-ring (bicyclic) bond motifs is 3. The van der Waals surface area contributed by atoms with Crippen LogP contribution in [0.25, 0.3) is 11.1 Å². The second-order valence-electron chi connectivity index (χ2n) is 14.4. The van der Waals surface area contributed by atoms with Crippen LogP contribution in [-0.2, 0) is 14.9 Å². The van der Waals surface area contributed by atoms with E-state index in [4.69, 9.17) is 18.9 Å². The van der Waals surface area contributed by atoms with Gasteiger partial charge in [0.05, 0.1) is 18.6 Å². The second-order valence-corrected chi connectivity index (χ2v) is 16.3. The Hall–Kier alpha value is -4.02. The van der Waals surface area contributed by atoms with Crippen LogP contribution in [0.2, 0.25) is 0 Å². The van der Waals surface area contributed by atoms with E-state index in [1.165, 1.54) is 22.3 Å². The molecule has 0 unspecified atom stereocenters. The maximum Gasteiger partial charge on any atom is 0.407 e. The first-order valence-electron chi connectivity index (χ1n) is 17.2. The van der Waals surface area contributed by atoms with Crippen molar-refractivity contribution in [2.45, 2.75) is 71.0 Å². The van der Waals surface area contributed by atoms with E-state index in [1.54, 1.807) is 0 Å². The SMILES string of the molecule is CC(C)(C)OC(=O)NCCCOc1ccc(C2(c3ccc(OCCCNC(=O)OC(C)(C)C)cc3)c3cc(Br)ccc3-c3ccc(Br)cc32)cc1. The van der Waals surface area contributed by atoms with Gasteiger partial charge in [0.1, 0.15) is 22.7 Å². The molecule has 270 valence electrons. The fourth-order valence-corrected chi connectivity index (χ4v) is 6.92. The molecule has 2 N–H and O–H groups in total. The van der Waals surface area contributed by atoms with Crippen molar-refractivity contribution in [3.05, 3.63) is 116 Å². The van der Waals surface area contributed by atoms with Gasteiger partial charge in [-0.05, 0) is 136 Å². The number of carbonyl (C=O) groups excluding carboxylic acids is 2. The first-order chi connectivity index (χ1) is 24.2. The third-order valence-corrected chi connectivity index (χ3v) is 9.14. The van der Waals surface area contributed by atoms with Crippen LogP contribution in [0.3, 0.4) is 0 Å². The fourth-order valence-electron chi connectivity index (χ4n) is 6.19. The number of hydrogen-bond donors (Lipinski definition) is 2. The van der Waals surface area contributed by atoms with Gasteiger partial charge >= 0.3 is 12.2 Å². The van der Waals surface area contributed by atoms with Gasteiger partial charge in [-0.25, -0.2) is 9.59 Å². The summed E-state index contributed by atoms with van der Waals surface area (Å²) < 4.78 is 24.8. The number of ether oxygens (including phenoxy) is 4. The zero-order chi connectivity index (χ0) is 36.8. The lowest BCUT2D eigenvalue weighted by Gasteiger charge is -2.34. The van der Waals surface area contributed by atoms with E-state index in [2.05, 4.69) is 103 Å². The molecule has 0 spiro atoms. The highest BCUT2D eigenvalue weighted by atomic mass is 79.9. The minimum absolute atomic E-state index is 0.431. The summed E-state index contributed by atoms with van der Waals surface area (Å²) in [6.45, 7) is 12.8. The number of amides is 2. The molecule has 0 aromatic heterocycles. The van der Waals surface area contributed by atoms with Gasteiger partial charge in [0.25, 0.3) is 0 Å². The van der Waals surface area contributed by atoms with E-state index in [1.807, 2.05) is 65.8 Å². The molecule has 4 aromatic rings. The highest BCUT2D eigenvalue weighted by Gasteiger charge is 2.46. The molecule has 0 saturated carbocycles. The molecule has 0 saturated heterocycles. The van der Waals surface area contributed by atoms with Gasteiger partial charge in [-0.15, -0.1) is 0 Å². The third kappa shape index (κ3) is 9.65. The van der Waals surface area contributed by atoms with Crippen molar-refractivity contribution in [1.82, 2.24) is 10.6 Å². The molecule has 0 bridgehead atoms. The van der Waals surface area contributed by atoms with Crippen LogP contribution in [0.15, 0.2) is 93.9 Å². The van der Waals surface area contributed by atoms with E-state index < -0.39 is 28.8 Å². The number of carbonyl (C=O) groups is 2. The lowest BCUT2D eigenvalue weighted by atomic mass is 9.67. The maximum absolute atomic E-state index is 12.0. The van der Waals surface area contributed by atoms with Gasteiger partial charge in [-0.2, -0.15) is 0 Å². The Morgan fingerprint density at radius 1 is 0.588 bits per heavy atom. The molecule has 1 aliphatic rings. The number of benzene rings is 4. The Kier molecular flexibility index (Phi) is 12.1. The molecule has 5 rings (SSSR count). The topological polar surface area (TPSA) is 95.1 Å². The first-order valence-corrected chi connectivity index (χ1v) is 18.8. The maximum atomic E-state index is 12.0. The molecule has 0 radical (unpaired) electrons. The molecule has 1 aliphatic carbocycles. The molecule has 8 nitrogen and oxygen atoms in total. The van der Waals surface area contributed by atoms with Crippen LogP contribution in [-0.4, -0.2) is 49.7 Å². The third-order valence-electron chi connectivity index (χ3n) is 8.15. The van der Waals surface area contributed by atoms with E-state index in [-0.39, 0.29) is 0 Å². The highest BCUT2D eigenvalue weighted by Crippen LogP contribution is 2.57. The second kappa shape index (κ2) is 16.1. The molecule has 10 heteroatoms. The van der Waals surface area contributed by atoms with Crippen LogP contribution < -0.4 is 20.1 Å². The zero-order valence-corrected chi connectivity index (χ0v) is 33.2. The normalized spacial score (nSPS) is 13.1. The van der Waals surface area contributed by atoms with Crippen molar-refractivity contribution >= 4 is 44.0 Å². The molecule has 4 aromatic carbocycles. The monoisotopic (exact) mass is 820 g/mol. The number of alkyl carbamates (subject to hydrolysis) is 2. The lowest BCUT2D eigenvalue weighted by Crippen LogP contribution is -2.33. The van der Waals surface area contributed by atoms with Gasteiger partial charge in [0, 0.05) is 22.0 Å². The van der Waals surface area contributed by atoms with E-state index in [0.717, 1.165) is 31.6 Å². The fraction of sp³-hybridized carbons (Fsp3) is 0.366. The van der Waals surface area contributed by atoms with Crippen LogP contribution in [0.5, 0.6) is 11.5 Å². The van der Waals surface area contributed by atoms with E-state index >= 15 is 0 Å². The first kappa shape index (κ1) is 38.2. The summed E-state index contributed by atoms with van der Waals surface area (Å²) in [5, 5.41) is 5.55. The Bertz CT molecular complexity index is 1690. The standard InChI is InChI=1S/C41H46Br2N2O6/c1-39(2,3)50-37(46)44-21-7-23-48-31-15-9-27(10-16-31)41(35-25-29(42)13-19-33(35)34-20-14-30(43)26-36(34)41)28-11-17-32(18-12-28)49-24-8-22-45-38(47)51-40(4,5)6/h9-20,25-26H,7-8,21-24H2,1-6H3,(H,44,46)(H,45,47). The molecular weight excluding hydrogens is 776 g/mol. The minimum Gasteiger partial charge on any atom is -0.494 e. The van der Waals surface area contributed by atoms with Gasteiger partial charge in [0.15, 0.2) is 0 Å². The summed E-state index contributed by atoms with van der Waals surface area (Å²) in [6, 6.07) is 29.5. The number of hydrogen-bond acceptors (Lipinski definition) is 6. The molecular formula is C41H46Br2N2O6. The number of rotatable bonds is 12. The Morgan fingerprint density at radius 3 is 1.31 bits per heavy atom. The summed E-state index contributed by atoms with van der Waals surface area (Å²) >= 11 is 7.51. The average molecular weight is 823 g/mol. The van der Waals surface area contributed by atoms with Crippen LogP contribution in [0.4, 0.5) is 9.59 Å². The Balaban J connectivity index is 1.36. The molecule has 0 fully saturated rings. The summed E-state index contributed by atoms with van der Waals surface area (Å²) in [5.74, 6) is 1.50. The van der Waals surface area contributed by atoms with Crippen molar-refractivity contribution in [3.63, 3.8) is 0 Å². The van der Waals surface area contributed by atoms with Crippen molar-refractivity contribution in [2.75, 3.05) is 26.3 Å². The molecule has 51 heavy (non-hydrogen) atoms. The van der Waals surface area contributed by atoms with E-state index in [9.17, 15) is 9.59 Å². The lowest BCUT2D eigenvalue weighted by molar-refractivity contribution is 0.0513.